The average Bonchev–Trinajstić information content (AvgIpc) is 2.58. The molecule has 5 nitrogen and oxygen atoms in total. The summed E-state index contributed by atoms with van der Waals surface area (Å²) in [6, 6.07) is 0. The molecule has 140 valence electrons. The Labute approximate surface area is 144 Å². The third-order valence-corrected chi connectivity index (χ3v) is 3.56. The van der Waals surface area contributed by atoms with Gasteiger partial charge in [-0.3, -0.25) is 4.90 Å². The van der Waals surface area contributed by atoms with Gasteiger partial charge in [0.25, 0.3) is 0 Å². The first-order valence-corrected chi connectivity index (χ1v) is 8.60. The van der Waals surface area contributed by atoms with Gasteiger partial charge in [-0.05, 0) is 20.8 Å². The summed E-state index contributed by atoms with van der Waals surface area (Å²) in [5.41, 5.74) is -0.0660. The molecule has 24 heavy (non-hydrogen) atoms. The molecule has 1 fully saturated rings. The van der Waals surface area contributed by atoms with Crippen LogP contribution in [-0.2, 0) is 11.3 Å². The van der Waals surface area contributed by atoms with E-state index in [2.05, 4.69) is 0 Å². The van der Waals surface area contributed by atoms with Crippen molar-refractivity contribution in [3.05, 3.63) is 16.9 Å². The van der Waals surface area contributed by atoms with Gasteiger partial charge in [0.2, 0.25) is 5.75 Å². The Hall–Kier alpha value is -1.53. The molecule has 2 atom stereocenters. The maximum Gasteiger partial charge on any atom is 0.201 e. The third-order valence-electron chi connectivity index (χ3n) is 3.56. The topological polar surface area (TPSA) is 73.2 Å². The standard InChI is InChI=1S/C14H20FNO4.2C2H6/c1-7-4-16(5-8(2)20-7)6-10-11(15)9(3)12(17)14(19)13(10)18;2*1-2/h7-8,17-19H,4-6H2,1-3H3;2*1-2H3. The van der Waals surface area contributed by atoms with Gasteiger partial charge >= 0.3 is 0 Å². The molecular weight excluding hydrogens is 313 g/mol. The van der Waals surface area contributed by atoms with E-state index in [-0.39, 0.29) is 29.9 Å². The van der Waals surface area contributed by atoms with Crippen LogP contribution in [0.2, 0.25) is 0 Å². The first kappa shape index (κ1) is 22.5. The Morgan fingerprint density at radius 1 is 0.958 bits per heavy atom. The lowest BCUT2D eigenvalue weighted by Crippen LogP contribution is -2.44. The third kappa shape index (κ3) is 5.24. The molecule has 0 radical (unpaired) electrons. The molecule has 1 aliphatic rings. The molecule has 3 N–H and O–H groups in total. The van der Waals surface area contributed by atoms with Gasteiger partial charge in [-0.25, -0.2) is 4.39 Å². The molecule has 0 aliphatic carbocycles. The summed E-state index contributed by atoms with van der Waals surface area (Å²) in [5, 5.41) is 29.0. The molecule has 0 spiro atoms. The van der Waals surface area contributed by atoms with Crippen molar-refractivity contribution in [2.75, 3.05) is 13.1 Å². The molecule has 6 heteroatoms. The van der Waals surface area contributed by atoms with Crippen LogP contribution < -0.4 is 0 Å². The Morgan fingerprint density at radius 2 is 1.42 bits per heavy atom. The fraction of sp³-hybridized carbons (Fsp3) is 0.667. The maximum atomic E-state index is 14.2. The van der Waals surface area contributed by atoms with Crippen molar-refractivity contribution in [1.29, 1.82) is 0 Å². The molecule has 1 saturated heterocycles. The van der Waals surface area contributed by atoms with Gasteiger partial charge < -0.3 is 20.1 Å². The number of aromatic hydroxyl groups is 3. The van der Waals surface area contributed by atoms with Crippen LogP contribution in [0.4, 0.5) is 4.39 Å². The fourth-order valence-electron chi connectivity index (χ4n) is 2.65. The zero-order valence-electron chi connectivity index (χ0n) is 15.9. The lowest BCUT2D eigenvalue weighted by atomic mass is 10.1. The second kappa shape index (κ2) is 10.4. The zero-order valence-corrected chi connectivity index (χ0v) is 15.9. The SMILES string of the molecule is CC.CC.Cc1c(O)c(O)c(O)c(CN2CC(C)OC(C)C2)c1F. The van der Waals surface area contributed by atoms with Gasteiger partial charge in [0.1, 0.15) is 5.82 Å². The largest absolute Gasteiger partial charge is 0.504 e. The van der Waals surface area contributed by atoms with Crippen molar-refractivity contribution in [1.82, 2.24) is 4.90 Å². The van der Waals surface area contributed by atoms with E-state index >= 15 is 0 Å². The molecule has 0 aromatic heterocycles. The monoisotopic (exact) mass is 345 g/mol. The second-order valence-electron chi connectivity index (χ2n) is 5.41. The minimum atomic E-state index is -0.690. The van der Waals surface area contributed by atoms with Gasteiger partial charge in [0.05, 0.1) is 12.2 Å². The summed E-state index contributed by atoms with van der Waals surface area (Å²) < 4.78 is 19.8. The Balaban J connectivity index is 0.00000123. The fourth-order valence-corrected chi connectivity index (χ4v) is 2.65. The Kier molecular flexibility index (Phi) is 9.70. The predicted octanol–water partition coefficient (Wildman–Crippen LogP) is 3.91. The molecule has 0 bridgehead atoms. The predicted molar refractivity (Wildman–Crippen MR) is 94.1 cm³/mol. The van der Waals surface area contributed by atoms with E-state index in [0.29, 0.717) is 13.1 Å². The number of benzene rings is 1. The number of phenolic OH excluding ortho intramolecular Hbond substituents is 3. The van der Waals surface area contributed by atoms with Crippen LogP contribution in [0.5, 0.6) is 17.2 Å². The number of hydrogen-bond acceptors (Lipinski definition) is 5. The van der Waals surface area contributed by atoms with E-state index in [1.165, 1.54) is 6.92 Å². The van der Waals surface area contributed by atoms with Crippen LogP contribution in [0.1, 0.15) is 52.7 Å². The summed E-state index contributed by atoms with van der Waals surface area (Å²) in [6.45, 7) is 14.6. The van der Waals surface area contributed by atoms with E-state index < -0.39 is 23.1 Å². The van der Waals surface area contributed by atoms with E-state index in [0.717, 1.165) is 0 Å². The smallest absolute Gasteiger partial charge is 0.201 e. The highest BCUT2D eigenvalue weighted by molar-refractivity contribution is 5.57. The number of phenols is 3. The highest BCUT2D eigenvalue weighted by atomic mass is 19.1. The average molecular weight is 345 g/mol. The van der Waals surface area contributed by atoms with Crippen molar-refractivity contribution in [3.8, 4) is 17.2 Å². The van der Waals surface area contributed by atoms with E-state index in [9.17, 15) is 19.7 Å². The van der Waals surface area contributed by atoms with E-state index in [4.69, 9.17) is 4.74 Å². The Morgan fingerprint density at radius 3 is 1.88 bits per heavy atom. The van der Waals surface area contributed by atoms with Crippen molar-refractivity contribution in [2.24, 2.45) is 0 Å². The molecule has 1 aliphatic heterocycles. The van der Waals surface area contributed by atoms with Gasteiger partial charge in [0, 0.05) is 30.8 Å². The van der Waals surface area contributed by atoms with Crippen molar-refractivity contribution in [3.63, 3.8) is 0 Å². The van der Waals surface area contributed by atoms with Crippen LogP contribution in [0.15, 0.2) is 0 Å². The first-order valence-electron chi connectivity index (χ1n) is 8.60. The van der Waals surface area contributed by atoms with Crippen molar-refractivity contribution in [2.45, 2.75) is 67.2 Å². The normalized spacial score (nSPS) is 20.5. The van der Waals surface area contributed by atoms with Crippen LogP contribution in [-0.4, -0.2) is 45.5 Å². The summed E-state index contributed by atoms with van der Waals surface area (Å²) in [7, 11) is 0. The molecule has 2 unspecified atom stereocenters. The molecule has 1 aromatic carbocycles. The minimum Gasteiger partial charge on any atom is -0.504 e. The number of morpholine rings is 1. The van der Waals surface area contributed by atoms with Crippen LogP contribution in [0.25, 0.3) is 0 Å². The summed E-state index contributed by atoms with van der Waals surface area (Å²) in [4.78, 5) is 1.95. The maximum absolute atomic E-state index is 14.2. The summed E-state index contributed by atoms with van der Waals surface area (Å²) >= 11 is 0. The second-order valence-corrected chi connectivity index (χ2v) is 5.41. The highest BCUT2D eigenvalue weighted by Crippen LogP contribution is 2.42. The van der Waals surface area contributed by atoms with Crippen LogP contribution in [0, 0.1) is 12.7 Å². The van der Waals surface area contributed by atoms with Gasteiger partial charge in [0.15, 0.2) is 11.5 Å². The van der Waals surface area contributed by atoms with Gasteiger partial charge in [-0.1, -0.05) is 27.7 Å². The lowest BCUT2D eigenvalue weighted by Gasteiger charge is -2.35. The molecule has 1 heterocycles. The molecule has 0 saturated carbocycles. The molecule has 0 amide bonds. The van der Waals surface area contributed by atoms with Gasteiger partial charge in [-0.15, -0.1) is 0 Å². The number of rotatable bonds is 2. The highest BCUT2D eigenvalue weighted by Gasteiger charge is 2.27. The first-order chi connectivity index (χ1) is 11.3. The van der Waals surface area contributed by atoms with Crippen LogP contribution >= 0.6 is 0 Å². The summed E-state index contributed by atoms with van der Waals surface area (Å²) in [5.74, 6) is -2.58. The Bertz CT molecular complexity index is 483. The van der Waals surface area contributed by atoms with Gasteiger partial charge in [-0.2, -0.15) is 0 Å². The van der Waals surface area contributed by atoms with Crippen molar-refractivity contribution < 1.29 is 24.4 Å². The van der Waals surface area contributed by atoms with Crippen LogP contribution in [0.3, 0.4) is 0 Å². The lowest BCUT2D eigenvalue weighted by molar-refractivity contribution is -0.0708. The van der Waals surface area contributed by atoms with E-state index in [1.807, 2.05) is 46.4 Å². The zero-order chi connectivity index (χ0) is 19.0. The van der Waals surface area contributed by atoms with E-state index in [1.54, 1.807) is 0 Å². The molecular formula is C18H32FNO4. The number of halogens is 1. The number of nitrogens with zero attached hydrogens (tertiary/aromatic N) is 1. The molecule has 2 rings (SSSR count). The van der Waals surface area contributed by atoms with Crippen molar-refractivity contribution >= 4 is 0 Å². The number of hydrogen-bond donors (Lipinski definition) is 3. The minimum absolute atomic E-state index is 0.000833. The molecule has 1 aromatic rings. The summed E-state index contributed by atoms with van der Waals surface area (Å²) in [6.07, 6.45) is 0.0477. The number of ether oxygens (including phenoxy) is 1. The quantitative estimate of drug-likeness (QED) is 0.709.